The van der Waals surface area contributed by atoms with E-state index in [2.05, 4.69) is 4.74 Å². The van der Waals surface area contributed by atoms with Crippen LogP contribution in [0, 0.1) is 5.92 Å². The fourth-order valence-corrected chi connectivity index (χ4v) is 1.89. The molecule has 1 aromatic carbocycles. The largest absolute Gasteiger partial charge is 0.465 e. The van der Waals surface area contributed by atoms with Crippen molar-refractivity contribution in [3.05, 3.63) is 35.4 Å². The molecule has 0 radical (unpaired) electrons. The van der Waals surface area contributed by atoms with Gasteiger partial charge in [0.1, 0.15) is 0 Å². The predicted octanol–water partition coefficient (Wildman–Crippen LogP) is 1.24. The Balaban J connectivity index is 2.08. The van der Waals surface area contributed by atoms with Crippen LogP contribution in [-0.4, -0.2) is 24.3 Å². The molecule has 0 spiro atoms. The molecule has 17 heavy (non-hydrogen) atoms. The van der Waals surface area contributed by atoms with E-state index in [0.29, 0.717) is 11.5 Å². The lowest BCUT2D eigenvalue weighted by atomic mass is 9.98. The van der Waals surface area contributed by atoms with Gasteiger partial charge in [0.15, 0.2) is 0 Å². The molecule has 4 nitrogen and oxygen atoms in total. The quantitative estimate of drug-likeness (QED) is 0.770. The summed E-state index contributed by atoms with van der Waals surface area (Å²) in [6.45, 7) is 0. The fraction of sp³-hybridized carbons (Fsp3) is 0.462. The van der Waals surface area contributed by atoms with Crippen LogP contribution < -0.4 is 5.73 Å². The van der Waals surface area contributed by atoms with E-state index in [9.17, 15) is 9.90 Å². The molecule has 0 unspecified atom stereocenters. The molecule has 1 fully saturated rings. The van der Waals surface area contributed by atoms with Crippen molar-refractivity contribution < 1.29 is 14.6 Å². The second-order valence-corrected chi connectivity index (χ2v) is 4.47. The highest BCUT2D eigenvalue weighted by Gasteiger charge is 2.34. The molecule has 1 aromatic rings. The standard InChI is InChI=1S/C13H17NO3/c1-17-13(16)10-6-2-8(3-7-10)11(14)12(15)9-4-5-9/h2-3,6-7,9,11-12,15H,4-5,14H2,1H3/t11-,12+/m0/s1. The first-order valence-corrected chi connectivity index (χ1v) is 5.75. The van der Waals surface area contributed by atoms with Crippen LogP contribution in [0.25, 0.3) is 0 Å². The Kier molecular flexibility index (Phi) is 3.45. The first kappa shape index (κ1) is 12.1. The number of hydrogen-bond donors (Lipinski definition) is 2. The number of hydrogen-bond acceptors (Lipinski definition) is 4. The number of ether oxygens (including phenoxy) is 1. The van der Waals surface area contributed by atoms with Gasteiger partial charge >= 0.3 is 5.97 Å². The van der Waals surface area contributed by atoms with E-state index >= 15 is 0 Å². The highest BCUT2D eigenvalue weighted by Crippen LogP contribution is 2.37. The molecule has 1 aliphatic rings. The minimum Gasteiger partial charge on any atom is -0.465 e. The molecule has 0 amide bonds. The zero-order valence-electron chi connectivity index (χ0n) is 9.80. The van der Waals surface area contributed by atoms with Gasteiger partial charge in [-0.3, -0.25) is 0 Å². The summed E-state index contributed by atoms with van der Waals surface area (Å²) in [7, 11) is 1.35. The maximum atomic E-state index is 11.2. The molecule has 0 aromatic heterocycles. The van der Waals surface area contributed by atoms with Gasteiger partial charge in [0.25, 0.3) is 0 Å². The molecule has 2 rings (SSSR count). The van der Waals surface area contributed by atoms with Crippen LogP contribution in [0.1, 0.15) is 34.8 Å². The molecule has 0 heterocycles. The van der Waals surface area contributed by atoms with Crippen LogP contribution in [0.3, 0.4) is 0 Å². The second kappa shape index (κ2) is 4.85. The number of esters is 1. The van der Waals surface area contributed by atoms with Gasteiger partial charge in [-0.25, -0.2) is 4.79 Å². The van der Waals surface area contributed by atoms with E-state index < -0.39 is 6.10 Å². The minimum absolute atomic E-state index is 0.338. The van der Waals surface area contributed by atoms with Gasteiger partial charge < -0.3 is 15.6 Å². The smallest absolute Gasteiger partial charge is 0.337 e. The Morgan fingerprint density at radius 1 is 1.41 bits per heavy atom. The Labute approximate surface area is 100 Å². The third-order valence-electron chi connectivity index (χ3n) is 3.19. The summed E-state index contributed by atoms with van der Waals surface area (Å²) in [5, 5.41) is 9.92. The van der Waals surface area contributed by atoms with Crippen molar-refractivity contribution >= 4 is 5.97 Å². The maximum Gasteiger partial charge on any atom is 0.337 e. The van der Waals surface area contributed by atoms with E-state index in [1.165, 1.54) is 7.11 Å². The Morgan fingerprint density at radius 2 is 2.00 bits per heavy atom. The second-order valence-electron chi connectivity index (χ2n) is 4.47. The van der Waals surface area contributed by atoms with Crippen molar-refractivity contribution in [2.45, 2.75) is 25.0 Å². The van der Waals surface area contributed by atoms with E-state index in [4.69, 9.17) is 5.73 Å². The summed E-state index contributed by atoms with van der Waals surface area (Å²) in [5.74, 6) is -0.0295. The fourth-order valence-electron chi connectivity index (χ4n) is 1.89. The lowest BCUT2D eigenvalue weighted by Crippen LogP contribution is -2.27. The van der Waals surface area contributed by atoms with E-state index in [-0.39, 0.29) is 12.0 Å². The van der Waals surface area contributed by atoms with Gasteiger partial charge in [0.2, 0.25) is 0 Å². The summed E-state index contributed by atoms with van der Waals surface area (Å²) in [5.41, 5.74) is 7.31. The lowest BCUT2D eigenvalue weighted by molar-refractivity contribution is 0.0600. The van der Waals surface area contributed by atoms with Crippen molar-refractivity contribution in [1.29, 1.82) is 0 Å². The van der Waals surface area contributed by atoms with Gasteiger partial charge in [-0.05, 0) is 36.5 Å². The monoisotopic (exact) mass is 235 g/mol. The SMILES string of the molecule is COC(=O)c1ccc([C@H](N)[C@H](O)C2CC2)cc1. The number of rotatable bonds is 4. The van der Waals surface area contributed by atoms with Crippen LogP contribution in [0.15, 0.2) is 24.3 Å². The number of methoxy groups -OCH3 is 1. The first-order valence-electron chi connectivity index (χ1n) is 5.75. The highest BCUT2D eigenvalue weighted by molar-refractivity contribution is 5.89. The van der Waals surface area contributed by atoms with Crippen molar-refractivity contribution in [2.24, 2.45) is 11.7 Å². The molecule has 92 valence electrons. The molecule has 3 N–H and O–H groups in total. The third-order valence-corrected chi connectivity index (χ3v) is 3.19. The summed E-state index contributed by atoms with van der Waals surface area (Å²) in [4.78, 5) is 11.2. The first-order chi connectivity index (χ1) is 8.13. The number of carbonyl (C=O) groups excluding carboxylic acids is 1. The molecule has 0 aliphatic heterocycles. The molecule has 0 saturated heterocycles. The van der Waals surface area contributed by atoms with Crippen LogP contribution in [-0.2, 0) is 4.74 Å². The summed E-state index contributed by atoms with van der Waals surface area (Å²) >= 11 is 0. The van der Waals surface area contributed by atoms with E-state index in [1.807, 2.05) is 0 Å². The number of aliphatic hydroxyl groups is 1. The highest BCUT2D eigenvalue weighted by atomic mass is 16.5. The topological polar surface area (TPSA) is 72.5 Å². The zero-order chi connectivity index (χ0) is 12.4. The summed E-state index contributed by atoms with van der Waals surface area (Å²) in [6, 6.07) is 6.49. The summed E-state index contributed by atoms with van der Waals surface area (Å²) in [6.07, 6.45) is 1.61. The van der Waals surface area contributed by atoms with Gasteiger partial charge in [-0.1, -0.05) is 12.1 Å². The van der Waals surface area contributed by atoms with Crippen LogP contribution in [0.4, 0.5) is 0 Å². The van der Waals surface area contributed by atoms with Crippen molar-refractivity contribution in [1.82, 2.24) is 0 Å². The molecular weight excluding hydrogens is 218 g/mol. The van der Waals surface area contributed by atoms with E-state index in [0.717, 1.165) is 18.4 Å². The van der Waals surface area contributed by atoms with Crippen molar-refractivity contribution in [3.8, 4) is 0 Å². The number of carbonyl (C=O) groups is 1. The van der Waals surface area contributed by atoms with Crippen molar-refractivity contribution in [3.63, 3.8) is 0 Å². The van der Waals surface area contributed by atoms with E-state index in [1.54, 1.807) is 24.3 Å². The van der Waals surface area contributed by atoms with Crippen molar-refractivity contribution in [2.75, 3.05) is 7.11 Å². The average Bonchev–Trinajstić information content (AvgIpc) is 3.20. The summed E-state index contributed by atoms with van der Waals surface area (Å²) < 4.78 is 4.61. The zero-order valence-corrected chi connectivity index (χ0v) is 9.80. The molecule has 1 saturated carbocycles. The van der Waals surface area contributed by atoms with Crippen LogP contribution in [0.5, 0.6) is 0 Å². The maximum absolute atomic E-state index is 11.2. The normalized spacial score (nSPS) is 18.5. The van der Waals surface area contributed by atoms with Gasteiger partial charge in [-0.15, -0.1) is 0 Å². The third kappa shape index (κ3) is 2.65. The number of benzene rings is 1. The number of aliphatic hydroxyl groups excluding tert-OH is 1. The minimum atomic E-state index is -0.487. The van der Waals surface area contributed by atoms with Gasteiger partial charge in [-0.2, -0.15) is 0 Å². The van der Waals surface area contributed by atoms with Crippen LogP contribution >= 0.6 is 0 Å². The number of nitrogens with two attached hydrogens (primary N) is 1. The molecule has 4 heteroatoms. The van der Waals surface area contributed by atoms with Gasteiger partial charge in [0.05, 0.1) is 24.8 Å². The molecule has 1 aliphatic carbocycles. The Bertz CT molecular complexity index is 398. The molecule has 0 bridgehead atoms. The molecular formula is C13H17NO3. The Morgan fingerprint density at radius 3 is 2.47 bits per heavy atom. The van der Waals surface area contributed by atoms with Gasteiger partial charge in [0, 0.05) is 0 Å². The predicted molar refractivity (Wildman–Crippen MR) is 63.4 cm³/mol. The van der Waals surface area contributed by atoms with Crippen LogP contribution in [0.2, 0.25) is 0 Å². The Hall–Kier alpha value is -1.39. The molecule has 2 atom stereocenters. The average molecular weight is 235 g/mol. The lowest BCUT2D eigenvalue weighted by Gasteiger charge is -2.18.